The molecule has 116 valence electrons. The minimum Gasteiger partial charge on any atom is -0.492 e. The second kappa shape index (κ2) is 7.14. The molecule has 1 aliphatic rings. The molecule has 1 aromatic carbocycles. The standard InChI is InChI=1S/C16H21ClO4/c1-10(2)14-9-12(18)11-5-6-13(15(17)16(11)21-14)20-8-4-7-19-3/h5-6,10,14H,4,7-9H2,1-3H3. The Bertz CT molecular complexity index is 513. The van der Waals surface area contributed by atoms with Crippen molar-refractivity contribution in [1.82, 2.24) is 0 Å². The number of benzene rings is 1. The number of ether oxygens (including phenoxy) is 3. The van der Waals surface area contributed by atoms with Crippen molar-refractivity contribution in [3.63, 3.8) is 0 Å². The van der Waals surface area contributed by atoms with E-state index in [1.54, 1.807) is 19.2 Å². The molecule has 21 heavy (non-hydrogen) atoms. The highest BCUT2D eigenvalue weighted by atomic mass is 35.5. The lowest BCUT2D eigenvalue weighted by Crippen LogP contribution is -2.31. The van der Waals surface area contributed by atoms with E-state index in [9.17, 15) is 4.79 Å². The van der Waals surface area contributed by atoms with Gasteiger partial charge in [0.15, 0.2) is 11.5 Å². The van der Waals surface area contributed by atoms with Gasteiger partial charge in [-0.3, -0.25) is 4.79 Å². The molecule has 0 bridgehead atoms. The number of Topliss-reactive ketones (excluding diaryl/α,β-unsaturated/α-hetero) is 1. The molecule has 0 saturated carbocycles. The molecule has 0 amide bonds. The lowest BCUT2D eigenvalue weighted by molar-refractivity contribution is 0.0771. The molecule has 0 aromatic heterocycles. The fraction of sp³-hybridized carbons (Fsp3) is 0.562. The summed E-state index contributed by atoms with van der Waals surface area (Å²) >= 11 is 6.34. The van der Waals surface area contributed by atoms with Gasteiger partial charge in [-0.2, -0.15) is 0 Å². The molecule has 0 fully saturated rings. The molecular weight excluding hydrogens is 292 g/mol. The SMILES string of the molecule is COCCCOc1ccc2c(c1Cl)OC(C(C)C)CC2=O. The number of methoxy groups -OCH3 is 1. The summed E-state index contributed by atoms with van der Waals surface area (Å²) in [6.07, 6.45) is 1.04. The minimum absolute atomic E-state index is 0.0720. The second-order valence-corrected chi connectivity index (χ2v) is 5.85. The Kier molecular flexibility index (Phi) is 5.48. The molecule has 1 unspecified atom stereocenters. The van der Waals surface area contributed by atoms with Crippen molar-refractivity contribution in [3.05, 3.63) is 22.7 Å². The summed E-state index contributed by atoms with van der Waals surface area (Å²) in [5.41, 5.74) is 0.543. The van der Waals surface area contributed by atoms with Crippen molar-refractivity contribution in [2.45, 2.75) is 32.8 Å². The van der Waals surface area contributed by atoms with Crippen molar-refractivity contribution in [2.75, 3.05) is 20.3 Å². The van der Waals surface area contributed by atoms with Gasteiger partial charge in [-0.05, 0) is 18.1 Å². The Balaban J connectivity index is 2.18. The first kappa shape index (κ1) is 16.1. The summed E-state index contributed by atoms with van der Waals surface area (Å²) in [6, 6.07) is 3.46. The van der Waals surface area contributed by atoms with E-state index in [-0.39, 0.29) is 17.8 Å². The van der Waals surface area contributed by atoms with Crippen LogP contribution in [0.1, 0.15) is 37.0 Å². The van der Waals surface area contributed by atoms with Crippen molar-refractivity contribution in [3.8, 4) is 11.5 Å². The van der Waals surface area contributed by atoms with Gasteiger partial charge in [0.25, 0.3) is 0 Å². The van der Waals surface area contributed by atoms with E-state index in [0.717, 1.165) is 6.42 Å². The van der Waals surface area contributed by atoms with Gasteiger partial charge >= 0.3 is 0 Å². The summed E-state index contributed by atoms with van der Waals surface area (Å²) in [6.45, 7) is 5.20. The first-order chi connectivity index (χ1) is 10.0. The summed E-state index contributed by atoms with van der Waals surface area (Å²) < 4.78 is 16.5. The van der Waals surface area contributed by atoms with Crippen LogP contribution in [0.4, 0.5) is 0 Å². The van der Waals surface area contributed by atoms with Crippen LogP contribution in [-0.2, 0) is 4.74 Å². The average Bonchev–Trinajstić information content (AvgIpc) is 2.46. The maximum absolute atomic E-state index is 12.2. The van der Waals surface area contributed by atoms with Crippen molar-refractivity contribution in [2.24, 2.45) is 5.92 Å². The molecule has 0 spiro atoms. The number of ketones is 1. The third kappa shape index (κ3) is 3.69. The molecule has 1 heterocycles. The molecule has 2 rings (SSSR count). The largest absolute Gasteiger partial charge is 0.492 e. The van der Waals surface area contributed by atoms with Gasteiger partial charge in [-0.15, -0.1) is 0 Å². The Hall–Kier alpha value is -1.26. The van der Waals surface area contributed by atoms with Gasteiger partial charge in [0.1, 0.15) is 16.9 Å². The summed E-state index contributed by atoms with van der Waals surface area (Å²) in [4.78, 5) is 12.2. The highest BCUT2D eigenvalue weighted by Crippen LogP contribution is 2.41. The monoisotopic (exact) mass is 312 g/mol. The molecule has 0 saturated heterocycles. The van der Waals surface area contributed by atoms with Gasteiger partial charge in [-0.25, -0.2) is 0 Å². The minimum atomic E-state index is -0.133. The van der Waals surface area contributed by atoms with Gasteiger partial charge in [-0.1, -0.05) is 25.4 Å². The van der Waals surface area contributed by atoms with Crippen molar-refractivity contribution >= 4 is 17.4 Å². The van der Waals surface area contributed by atoms with E-state index in [4.69, 9.17) is 25.8 Å². The van der Waals surface area contributed by atoms with Crippen LogP contribution >= 0.6 is 11.6 Å². The number of rotatable bonds is 6. The topological polar surface area (TPSA) is 44.8 Å². The zero-order chi connectivity index (χ0) is 15.4. The third-order valence-electron chi connectivity index (χ3n) is 3.51. The van der Waals surface area contributed by atoms with Crippen LogP contribution in [0.25, 0.3) is 0 Å². The zero-order valence-corrected chi connectivity index (χ0v) is 13.4. The Morgan fingerprint density at radius 2 is 2.14 bits per heavy atom. The number of carbonyl (C=O) groups excluding carboxylic acids is 1. The summed E-state index contributed by atoms with van der Waals surface area (Å²) in [5, 5.41) is 0.378. The molecule has 0 aliphatic carbocycles. The quantitative estimate of drug-likeness (QED) is 0.751. The van der Waals surface area contributed by atoms with E-state index in [2.05, 4.69) is 0 Å². The van der Waals surface area contributed by atoms with Crippen LogP contribution in [0, 0.1) is 5.92 Å². The molecule has 1 atom stereocenters. The smallest absolute Gasteiger partial charge is 0.170 e. The average molecular weight is 313 g/mol. The van der Waals surface area contributed by atoms with Gasteiger partial charge in [0.2, 0.25) is 0 Å². The Labute approximate surface area is 130 Å². The molecule has 0 radical (unpaired) electrons. The van der Waals surface area contributed by atoms with Crippen LogP contribution in [0.15, 0.2) is 12.1 Å². The van der Waals surface area contributed by atoms with Gasteiger partial charge < -0.3 is 14.2 Å². The Morgan fingerprint density at radius 1 is 1.38 bits per heavy atom. The molecule has 1 aliphatic heterocycles. The van der Waals surface area contributed by atoms with Crippen molar-refractivity contribution < 1.29 is 19.0 Å². The maximum atomic E-state index is 12.2. The fourth-order valence-corrected chi connectivity index (χ4v) is 2.49. The number of hydrogen-bond donors (Lipinski definition) is 0. The first-order valence-corrected chi connectivity index (χ1v) is 7.56. The number of hydrogen-bond acceptors (Lipinski definition) is 4. The Morgan fingerprint density at radius 3 is 2.81 bits per heavy atom. The maximum Gasteiger partial charge on any atom is 0.170 e. The van der Waals surface area contributed by atoms with Gasteiger partial charge in [0.05, 0.1) is 12.2 Å². The summed E-state index contributed by atoms with van der Waals surface area (Å²) in [5.74, 6) is 1.33. The zero-order valence-electron chi connectivity index (χ0n) is 12.6. The molecule has 4 nitrogen and oxygen atoms in total. The van der Waals surface area contributed by atoms with Crippen molar-refractivity contribution in [1.29, 1.82) is 0 Å². The predicted molar refractivity (Wildman–Crippen MR) is 81.6 cm³/mol. The van der Waals surface area contributed by atoms with E-state index < -0.39 is 0 Å². The highest BCUT2D eigenvalue weighted by molar-refractivity contribution is 6.34. The normalized spacial score (nSPS) is 17.6. The van der Waals surface area contributed by atoms with Gasteiger partial charge in [0, 0.05) is 26.6 Å². The van der Waals surface area contributed by atoms with E-state index in [1.807, 2.05) is 13.8 Å². The second-order valence-electron chi connectivity index (χ2n) is 5.48. The van der Waals surface area contributed by atoms with E-state index >= 15 is 0 Å². The molecular formula is C16H21ClO4. The van der Waals surface area contributed by atoms with E-state index in [1.165, 1.54) is 0 Å². The van der Waals surface area contributed by atoms with Crippen LogP contribution in [-0.4, -0.2) is 32.2 Å². The third-order valence-corrected chi connectivity index (χ3v) is 3.87. The summed E-state index contributed by atoms with van der Waals surface area (Å²) in [7, 11) is 1.65. The van der Waals surface area contributed by atoms with Crippen LogP contribution < -0.4 is 9.47 Å². The lowest BCUT2D eigenvalue weighted by atomic mass is 9.94. The lowest BCUT2D eigenvalue weighted by Gasteiger charge is -2.29. The fourth-order valence-electron chi connectivity index (χ4n) is 2.23. The highest BCUT2D eigenvalue weighted by Gasteiger charge is 2.31. The number of carbonyl (C=O) groups is 1. The molecule has 1 aromatic rings. The molecule has 0 N–H and O–H groups in total. The van der Waals surface area contributed by atoms with Crippen LogP contribution in [0.3, 0.4) is 0 Å². The number of fused-ring (bicyclic) bond motifs is 1. The van der Waals surface area contributed by atoms with E-state index in [0.29, 0.717) is 41.7 Å². The first-order valence-electron chi connectivity index (χ1n) is 7.18. The predicted octanol–water partition coefficient (Wildman–Crippen LogP) is 3.75. The van der Waals surface area contributed by atoms with Crippen LogP contribution in [0.2, 0.25) is 5.02 Å². The van der Waals surface area contributed by atoms with Crippen LogP contribution in [0.5, 0.6) is 11.5 Å². The number of halogens is 1. The molecule has 5 heteroatoms.